The highest BCUT2D eigenvalue weighted by Gasteiger charge is 2.07. The number of thiol groups is 1. The number of aliphatic hydroxyl groups excluding tert-OH is 2. The van der Waals surface area contributed by atoms with Crippen molar-refractivity contribution in [3.63, 3.8) is 0 Å². The van der Waals surface area contributed by atoms with E-state index in [0.717, 1.165) is 38.9 Å². The molecule has 0 fully saturated rings. The molecule has 0 saturated carbocycles. The molecule has 28 heavy (non-hydrogen) atoms. The number of hydrogen-bond acceptors (Lipinski definition) is 4. The Balaban J connectivity index is 0. The van der Waals surface area contributed by atoms with Crippen molar-refractivity contribution < 1.29 is 15.0 Å². The van der Waals surface area contributed by atoms with Gasteiger partial charge in [-0.25, -0.2) is 0 Å². The summed E-state index contributed by atoms with van der Waals surface area (Å²) in [4.78, 5) is 10.4. The van der Waals surface area contributed by atoms with Crippen LogP contribution in [0.5, 0.6) is 0 Å². The third-order valence-corrected chi connectivity index (χ3v) is 3.82. The summed E-state index contributed by atoms with van der Waals surface area (Å²) in [6.45, 7) is 6.07. The molecule has 1 aliphatic carbocycles. The van der Waals surface area contributed by atoms with E-state index in [9.17, 15) is 4.79 Å². The van der Waals surface area contributed by atoms with Gasteiger partial charge in [-0.05, 0) is 30.9 Å². The lowest BCUT2D eigenvalue weighted by molar-refractivity contribution is -0.107. The highest BCUT2D eigenvalue weighted by atomic mass is 32.1. The van der Waals surface area contributed by atoms with Gasteiger partial charge >= 0.3 is 0 Å². The third-order valence-electron chi connectivity index (χ3n) is 3.50. The number of para-hydroxylation sites is 1. The van der Waals surface area contributed by atoms with Crippen molar-refractivity contribution in [3.8, 4) is 0 Å². The second-order valence-electron chi connectivity index (χ2n) is 5.15. The van der Waals surface area contributed by atoms with Crippen molar-refractivity contribution in [1.29, 1.82) is 0 Å². The summed E-state index contributed by atoms with van der Waals surface area (Å²) in [5.74, 6) is 0. The van der Waals surface area contributed by atoms with Gasteiger partial charge in [0.2, 0.25) is 0 Å². The van der Waals surface area contributed by atoms with E-state index >= 15 is 0 Å². The van der Waals surface area contributed by atoms with Crippen molar-refractivity contribution in [2.24, 2.45) is 0 Å². The van der Waals surface area contributed by atoms with Crippen LogP contribution in [0.4, 0.5) is 0 Å². The molecule has 0 radical (unpaired) electrons. The molecular weight excluding hydrogens is 370 g/mol. The number of aliphatic hydroxyl groups is 2. The van der Waals surface area contributed by atoms with Gasteiger partial charge in [0, 0.05) is 32.2 Å². The summed E-state index contributed by atoms with van der Waals surface area (Å²) in [6.07, 6.45) is 17.8. The summed E-state index contributed by atoms with van der Waals surface area (Å²) in [5.41, 5.74) is 3.54. The smallest absolute Gasteiger partial charge is 0.120 e. The molecule has 1 aliphatic rings. The first kappa shape index (κ1) is 28.1. The number of carbonyl (C=O) groups excluding carboxylic acids is 1. The first-order chi connectivity index (χ1) is 13.7. The van der Waals surface area contributed by atoms with E-state index in [2.05, 4.69) is 56.2 Å². The number of carbonyl (C=O) groups is 1. The zero-order valence-corrected chi connectivity index (χ0v) is 18.6. The third kappa shape index (κ3) is 10.3. The zero-order chi connectivity index (χ0) is 21.8. The lowest BCUT2D eigenvalue weighted by Gasteiger charge is -1.99. The Kier molecular flexibility index (Phi) is 19.8. The van der Waals surface area contributed by atoms with E-state index in [1.54, 1.807) is 0 Å². The Morgan fingerprint density at radius 1 is 1.04 bits per heavy atom. The average molecular weight is 406 g/mol. The highest BCUT2D eigenvalue weighted by molar-refractivity contribution is 7.78. The van der Waals surface area contributed by atoms with E-state index in [-0.39, 0.29) is 0 Å². The maximum Gasteiger partial charge on any atom is 0.120 e. The molecule has 0 saturated heterocycles. The fourth-order valence-electron chi connectivity index (χ4n) is 2.44. The van der Waals surface area contributed by atoms with Gasteiger partial charge in [0.25, 0.3) is 0 Å². The van der Waals surface area contributed by atoms with Gasteiger partial charge < -0.3 is 15.0 Å². The minimum absolute atomic E-state index is 0.570. The highest BCUT2D eigenvalue weighted by Crippen LogP contribution is 2.25. The molecule has 2 aromatic rings. The molecule has 0 amide bonds. The molecule has 0 aliphatic heterocycles. The Bertz CT molecular complexity index is 717. The second-order valence-corrected chi connectivity index (χ2v) is 5.58. The summed E-state index contributed by atoms with van der Waals surface area (Å²) in [5, 5.41) is 15.2. The summed E-state index contributed by atoms with van der Waals surface area (Å²) in [6, 6.07) is 6.18. The van der Waals surface area contributed by atoms with Crippen LogP contribution in [-0.4, -0.2) is 34.7 Å². The molecule has 156 valence electrons. The molecule has 3 rings (SSSR count). The number of allylic oxidation sites excluding steroid dienone is 6. The van der Waals surface area contributed by atoms with Crippen LogP contribution in [0, 0.1) is 6.92 Å². The fourth-order valence-corrected chi connectivity index (χ4v) is 2.84. The number of aldehydes is 1. The number of aromatic nitrogens is 1. The fraction of sp³-hybridized carbons (Fsp3) is 0.348. The predicted molar refractivity (Wildman–Crippen MR) is 125 cm³/mol. The maximum atomic E-state index is 10.4. The molecule has 0 spiro atoms. The first-order valence-electron chi connectivity index (χ1n) is 9.34. The SMILES string of the molecule is C1=CC=CCC=C1.CC.CO.CO.Cc1cccc2c(CCC=O)cn(S)c12. The Labute approximate surface area is 175 Å². The normalized spacial score (nSPS) is 10.7. The topological polar surface area (TPSA) is 62.5 Å². The van der Waals surface area contributed by atoms with Crippen LogP contribution >= 0.6 is 12.8 Å². The number of fused-ring (bicyclic) bond motifs is 1. The van der Waals surface area contributed by atoms with Crippen molar-refractivity contribution in [1.82, 2.24) is 3.97 Å². The van der Waals surface area contributed by atoms with Crippen LogP contribution in [0.25, 0.3) is 10.9 Å². The van der Waals surface area contributed by atoms with Gasteiger partial charge in [0.15, 0.2) is 0 Å². The van der Waals surface area contributed by atoms with Crippen LogP contribution in [-0.2, 0) is 11.2 Å². The monoisotopic (exact) mass is 405 g/mol. The summed E-state index contributed by atoms with van der Waals surface area (Å²) >= 11 is 4.39. The van der Waals surface area contributed by atoms with Crippen LogP contribution in [0.3, 0.4) is 0 Å². The zero-order valence-electron chi connectivity index (χ0n) is 17.7. The van der Waals surface area contributed by atoms with Gasteiger partial charge in [-0.3, -0.25) is 3.97 Å². The minimum Gasteiger partial charge on any atom is -0.400 e. The van der Waals surface area contributed by atoms with Gasteiger partial charge in [-0.2, -0.15) is 0 Å². The molecule has 5 heteroatoms. The largest absolute Gasteiger partial charge is 0.400 e. The van der Waals surface area contributed by atoms with Crippen molar-refractivity contribution >= 4 is 30.0 Å². The molecule has 0 atom stereocenters. The lowest BCUT2D eigenvalue weighted by atomic mass is 10.1. The molecule has 1 aromatic heterocycles. The van der Waals surface area contributed by atoms with E-state index in [4.69, 9.17) is 10.2 Å². The molecule has 1 aromatic carbocycles. The van der Waals surface area contributed by atoms with E-state index < -0.39 is 0 Å². The van der Waals surface area contributed by atoms with Crippen molar-refractivity contribution in [3.05, 3.63) is 72.0 Å². The summed E-state index contributed by atoms with van der Waals surface area (Å²) in [7, 11) is 2.00. The van der Waals surface area contributed by atoms with Crippen LogP contribution < -0.4 is 0 Å². The number of benzene rings is 1. The number of rotatable bonds is 3. The second kappa shape index (κ2) is 19.7. The minimum atomic E-state index is 0.570. The first-order valence-corrected chi connectivity index (χ1v) is 9.74. The van der Waals surface area contributed by atoms with Gasteiger partial charge in [0.05, 0.1) is 5.52 Å². The summed E-state index contributed by atoms with van der Waals surface area (Å²) < 4.78 is 1.84. The van der Waals surface area contributed by atoms with Crippen molar-refractivity contribution in [2.45, 2.75) is 40.0 Å². The molecule has 2 N–H and O–H groups in total. The predicted octanol–water partition coefficient (Wildman–Crippen LogP) is 5.08. The molecular formula is C23H35NO3S. The standard InChI is InChI=1S/C12H13NOS.C7H8.C2H6.2CH4O/c1-9-4-2-6-11-10(5-3-7-14)8-13(15)12(9)11;1-2-4-6-7-5-3-1;3*1-2/h2,4,6-8,15H,3,5H2,1H3;1-6H,7H2;1-2H3;2*2H,1H3. The molecule has 4 nitrogen and oxygen atoms in total. The van der Waals surface area contributed by atoms with Gasteiger partial charge in [-0.1, -0.05) is 81.3 Å². The van der Waals surface area contributed by atoms with E-state index in [0.29, 0.717) is 6.42 Å². The lowest BCUT2D eigenvalue weighted by Crippen LogP contribution is -1.83. The Morgan fingerprint density at radius 3 is 2.14 bits per heavy atom. The van der Waals surface area contributed by atoms with E-state index in [1.807, 2.05) is 42.2 Å². The molecule has 0 unspecified atom stereocenters. The Hall–Kier alpha value is -2.08. The molecule has 1 heterocycles. The van der Waals surface area contributed by atoms with E-state index in [1.165, 1.54) is 16.5 Å². The average Bonchev–Trinajstić information content (AvgIpc) is 2.93. The van der Waals surface area contributed by atoms with Crippen LogP contribution in [0.2, 0.25) is 0 Å². The van der Waals surface area contributed by atoms with Crippen molar-refractivity contribution in [2.75, 3.05) is 14.2 Å². The van der Waals surface area contributed by atoms with Gasteiger partial charge in [-0.15, -0.1) is 0 Å². The van der Waals surface area contributed by atoms with Crippen LogP contribution in [0.1, 0.15) is 37.8 Å². The number of nitrogens with zero attached hydrogens (tertiary/aromatic N) is 1. The maximum absolute atomic E-state index is 10.4. The number of hydrogen-bond donors (Lipinski definition) is 3. The van der Waals surface area contributed by atoms with Gasteiger partial charge in [0.1, 0.15) is 6.29 Å². The molecule has 0 bridgehead atoms. The van der Waals surface area contributed by atoms with Crippen LogP contribution in [0.15, 0.2) is 60.9 Å². The Morgan fingerprint density at radius 2 is 1.61 bits per heavy atom. The number of aryl methyl sites for hydroxylation is 2. The quantitative estimate of drug-likeness (QED) is 0.493.